The van der Waals surface area contributed by atoms with E-state index in [0.717, 1.165) is 38.0 Å². The molecule has 5 nitrogen and oxygen atoms in total. The van der Waals surface area contributed by atoms with Crippen LogP contribution in [0.15, 0.2) is 12.5 Å². The van der Waals surface area contributed by atoms with Crippen LogP contribution in [-0.2, 0) is 10.2 Å². The third-order valence-electron chi connectivity index (χ3n) is 4.15. The van der Waals surface area contributed by atoms with Crippen LogP contribution >= 0.6 is 0 Å². The van der Waals surface area contributed by atoms with Crippen LogP contribution in [0.3, 0.4) is 0 Å². The molecule has 1 aliphatic rings. The molecule has 1 aliphatic heterocycles. The van der Waals surface area contributed by atoms with Crippen LogP contribution in [0.4, 0.5) is 0 Å². The van der Waals surface area contributed by atoms with Crippen LogP contribution < -0.4 is 0 Å². The van der Waals surface area contributed by atoms with Gasteiger partial charge < -0.3 is 15.0 Å². The number of imidazole rings is 1. The molecule has 1 fully saturated rings. The van der Waals surface area contributed by atoms with Gasteiger partial charge in [-0.3, -0.25) is 4.79 Å². The molecule has 0 saturated carbocycles. The predicted octanol–water partition coefficient (Wildman–Crippen LogP) is 1.31. The molecule has 0 aromatic carbocycles. The van der Waals surface area contributed by atoms with E-state index in [-0.39, 0.29) is 12.5 Å². The lowest BCUT2D eigenvalue weighted by molar-refractivity contribution is -0.137. The Hall–Kier alpha value is -1.36. The number of hydrogen-bond donors (Lipinski definition) is 2. The van der Waals surface area contributed by atoms with E-state index in [1.54, 1.807) is 12.5 Å². The second kappa shape index (κ2) is 5.74. The Morgan fingerprint density at radius 3 is 2.74 bits per heavy atom. The molecule has 1 saturated heterocycles. The monoisotopic (exact) mass is 265 g/mol. The number of aliphatic hydroxyl groups is 1. The zero-order valence-electron chi connectivity index (χ0n) is 11.7. The molecule has 19 heavy (non-hydrogen) atoms. The number of H-pyrrole nitrogens is 1. The molecule has 0 bridgehead atoms. The molecule has 0 aliphatic carbocycles. The zero-order valence-corrected chi connectivity index (χ0v) is 11.7. The maximum Gasteiger partial charge on any atom is 0.234 e. The molecule has 2 heterocycles. The summed E-state index contributed by atoms with van der Waals surface area (Å²) in [5, 5.41) is 8.96. The minimum Gasteiger partial charge on any atom is -0.396 e. The van der Waals surface area contributed by atoms with Crippen LogP contribution in [0, 0.1) is 5.92 Å². The van der Waals surface area contributed by atoms with Gasteiger partial charge in [0.2, 0.25) is 5.91 Å². The molecule has 0 radical (unpaired) electrons. The summed E-state index contributed by atoms with van der Waals surface area (Å²) >= 11 is 0. The van der Waals surface area contributed by atoms with Crippen molar-refractivity contribution in [3.05, 3.63) is 18.2 Å². The molecular formula is C14H23N3O2. The number of aromatic nitrogens is 2. The molecule has 0 atom stereocenters. The van der Waals surface area contributed by atoms with Gasteiger partial charge in [0.15, 0.2) is 0 Å². The fourth-order valence-corrected chi connectivity index (χ4v) is 2.72. The number of nitrogens with zero attached hydrogens (tertiary/aromatic N) is 2. The number of carbonyl (C=O) groups excluding carboxylic acids is 1. The van der Waals surface area contributed by atoms with Gasteiger partial charge in [0.25, 0.3) is 0 Å². The molecule has 1 amide bonds. The van der Waals surface area contributed by atoms with Gasteiger partial charge in [-0.1, -0.05) is 0 Å². The van der Waals surface area contributed by atoms with Gasteiger partial charge in [-0.2, -0.15) is 0 Å². The Balaban J connectivity index is 1.98. The smallest absolute Gasteiger partial charge is 0.234 e. The van der Waals surface area contributed by atoms with Crippen LogP contribution in [0.25, 0.3) is 0 Å². The molecule has 2 rings (SSSR count). The van der Waals surface area contributed by atoms with E-state index in [0.29, 0.717) is 5.92 Å². The van der Waals surface area contributed by atoms with Crippen molar-refractivity contribution in [2.45, 2.75) is 38.5 Å². The van der Waals surface area contributed by atoms with E-state index in [1.165, 1.54) is 0 Å². The van der Waals surface area contributed by atoms with Crippen molar-refractivity contribution in [1.29, 1.82) is 0 Å². The van der Waals surface area contributed by atoms with Crippen LogP contribution in [0.2, 0.25) is 0 Å². The lowest BCUT2D eigenvalue weighted by atomic mass is 9.86. The van der Waals surface area contributed by atoms with Crippen molar-refractivity contribution in [1.82, 2.24) is 14.9 Å². The molecule has 106 valence electrons. The first-order valence-electron chi connectivity index (χ1n) is 6.94. The lowest BCUT2D eigenvalue weighted by Gasteiger charge is -2.36. The number of aliphatic hydroxyl groups excluding tert-OH is 1. The van der Waals surface area contributed by atoms with Gasteiger partial charge in [-0.15, -0.1) is 0 Å². The molecule has 1 aromatic rings. The van der Waals surface area contributed by atoms with Crippen molar-refractivity contribution in [2.24, 2.45) is 5.92 Å². The first-order chi connectivity index (χ1) is 9.05. The Labute approximate surface area is 114 Å². The number of aromatic amines is 1. The predicted molar refractivity (Wildman–Crippen MR) is 72.6 cm³/mol. The average Bonchev–Trinajstić information content (AvgIpc) is 2.94. The second-order valence-electron chi connectivity index (χ2n) is 5.84. The van der Waals surface area contributed by atoms with Gasteiger partial charge in [0, 0.05) is 31.6 Å². The van der Waals surface area contributed by atoms with Crippen LogP contribution in [-0.4, -0.2) is 45.6 Å². The normalized spacial score (nSPS) is 17.7. The van der Waals surface area contributed by atoms with Gasteiger partial charge in [0.1, 0.15) is 0 Å². The van der Waals surface area contributed by atoms with Crippen molar-refractivity contribution in [3.8, 4) is 0 Å². The van der Waals surface area contributed by atoms with Crippen molar-refractivity contribution < 1.29 is 9.90 Å². The summed E-state index contributed by atoms with van der Waals surface area (Å²) < 4.78 is 0. The van der Waals surface area contributed by atoms with E-state index in [4.69, 9.17) is 5.11 Å². The number of rotatable bonds is 4. The molecule has 2 N–H and O–H groups in total. The summed E-state index contributed by atoms with van der Waals surface area (Å²) in [6.45, 7) is 5.70. The first-order valence-corrected chi connectivity index (χ1v) is 6.94. The third-order valence-corrected chi connectivity index (χ3v) is 4.15. The largest absolute Gasteiger partial charge is 0.396 e. The third kappa shape index (κ3) is 2.97. The summed E-state index contributed by atoms with van der Waals surface area (Å²) in [6.07, 6.45) is 6.16. The Bertz CT molecular complexity index is 406. The van der Waals surface area contributed by atoms with Crippen LogP contribution in [0.5, 0.6) is 0 Å². The summed E-state index contributed by atoms with van der Waals surface area (Å²) in [7, 11) is 0. The van der Waals surface area contributed by atoms with E-state index in [1.807, 2.05) is 18.7 Å². The average molecular weight is 265 g/mol. The Morgan fingerprint density at radius 2 is 2.21 bits per heavy atom. The minimum atomic E-state index is -0.555. The topological polar surface area (TPSA) is 69.2 Å². The highest BCUT2D eigenvalue weighted by Crippen LogP contribution is 2.27. The number of nitrogens with one attached hydrogen (secondary N) is 1. The first kappa shape index (κ1) is 14.1. The molecule has 1 aromatic heterocycles. The number of likely N-dealkylation sites (tertiary alicyclic amines) is 1. The highest BCUT2D eigenvalue weighted by atomic mass is 16.3. The summed E-state index contributed by atoms with van der Waals surface area (Å²) in [5.74, 6) is 0.712. The molecule has 0 spiro atoms. The van der Waals surface area contributed by atoms with Gasteiger partial charge in [0.05, 0.1) is 11.7 Å². The van der Waals surface area contributed by atoms with E-state index in [2.05, 4.69) is 9.97 Å². The molecule has 5 heteroatoms. The minimum absolute atomic E-state index is 0.152. The number of carbonyl (C=O) groups is 1. The van der Waals surface area contributed by atoms with E-state index in [9.17, 15) is 4.79 Å². The number of hydrogen-bond acceptors (Lipinski definition) is 3. The highest BCUT2D eigenvalue weighted by Gasteiger charge is 2.36. The maximum atomic E-state index is 12.6. The van der Waals surface area contributed by atoms with Gasteiger partial charge >= 0.3 is 0 Å². The number of piperidine rings is 1. The maximum absolute atomic E-state index is 12.6. The lowest BCUT2D eigenvalue weighted by Crippen LogP contribution is -2.47. The van der Waals surface area contributed by atoms with Crippen molar-refractivity contribution in [3.63, 3.8) is 0 Å². The number of amides is 1. The summed E-state index contributed by atoms with van der Waals surface area (Å²) in [5.41, 5.74) is 0.301. The van der Waals surface area contributed by atoms with E-state index < -0.39 is 5.41 Å². The van der Waals surface area contributed by atoms with Crippen molar-refractivity contribution >= 4 is 5.91 Å². The Morgan fingerprint density at radius 1 is 1.53 bits per heavy atom. The van der Waals surface area contributed by atoms with Gasteiger partial charge in [-0.05, 0) is 39.0 Å². The molecular weight excluding hydrogens is 242 g/mol. The zero-order chi connectivity index (χ0) is 13.9. The fraction of sp³-hybridized carbons (Fsp3) is 0.714. The quantitative estimate of drug-likeness (QED) is 0.862. The SMILES string of the molecule is CC(C)(C(=O)N1CCC(CCO)CC1)c1cnc[nH]1. The second-order valence-corrected chi connectivity index (χ2v) is 5.84. The van der Waals surface area contributed by atoms with Gasteiger partial charge in [-0.25, -0.2) is 4.98 Å². The van der Waals surface area contributed by atoms with E-state index >= 15 is 0 Å². The molecule has 0 unspecified atom stereocenters. The summed E-state index contributed by atoms with van der Waals surface area (Å²) in [6, 6.07) is 0. The summed E-state index contributed by atoms with van der Waals surface area (Å²) in [4.78, 5) is 21.6. The fourth-order valence-electron chi connectivity index (χ4n) is 2.72. The van der Waals surface area contributed by atoms with Crippen LogP contribution in [0.1, 0.15) is 38.8 Å². The standard InChI is InChI=1S/C14H23N3O2/c1-14(2,12-9-15-10-16-12)13(19)17-6-3-11(4-7-17)5-8-18/h9-11,18H,3-8H2,1-2H3,(H,15,16). The van der Waals surface area contributed by atoms with Crippen molar-refractivity contribution in [2.75, 3.05) is 19.7 Å². The highest BCUT2D eigenvalue weighted by molar-refractivity contribution is 5.86. The Kier molecular flexibility index (Phi) is 4.24.